The van der Waals surface area contributed by atoms with Gasteiger partial charge in [0.1, 0.15) is 0 Å². The van der Waals surface area contributed by atoms with Crippen molar-refractivity contribution >= 4 is 11.3 Å². The van der Waals surface area contributed by atoms with Crippen molar-refractivity contribution in [2.24, 2.45) is 0 Å². The monoisotopic (exact) mass is 383 g/mol. The van der Waals surface area contributed by atoms with E-state index in [1.54, 1.807) is 11.3 Å². The Kier molecular flexibility index (Phi) is 5.61. The van der Waals surface area contributed by atoms with Gasteiger partial charge in [0.2, 0.25) is 11.7 Å². The van der Waals surface area contributed by atoms with Gasteiger partial charge in [0.15, 0.2) is 0 Å². The summed E-state index contributed by atoms with van der Waals surface area (Å²) >= 11 is 1.77. The molecule has 6 nitrogen and oxygen atoms in total. The van der Waals surface area contributed by atoms with Crippen LogP contribution in [0.5, 0.6) is 0 Å². The molecular weight excluding hydrogens is 358 g/mol. The van der Waals surface area contributed by atoms with Crippen LogP contribution in [0.3, 0.4) is 0 Å². The Morgan fingerprint density at radius 3 is 2.59 bits per heavy atom. The molecule has 1 aliphatic rings. The van der Waals surface area contributed by atoms with Crippen molar-refractivity contribution < 1.29 is 4.52 Å². The van der Waals surface area contributed by atoms with Crippen molar-refractivity contribution in [1.82, 2.24) is 24.9 Å². The first-order chi connectivity index (χ1) is 13.2. The van der Waals surface area contributed by atoms with Gasteiger partial charge >= 0.3 is 0 Å². The third-order valence-corrected chi connectivity index (χ3v) is 6.12. The Morgan fingerprint density at radius 2 is 1.89 bits per heavy atom. The van der Waals surface area contributed by atoms with E-state index in [-0.39, 0.29) is 6.04 Å². The fourth-order valence-electron chi connectivity index (χ4n) is 3.39. The molecule has 0 bridgehead atoms. The minimum atomic E-state index is 0.128. The van der Waals surface area contributed by atoms with E-state index in [9.17, 15) is 0 Å². The van der Waals surface area contributed by atoms with Gasteiger partial charge < -0.3 is 4.52 Å². The van der Waals surface area contributed by atoms with Crippen LogP contribution < -0.4 is 0 Å². The topological polar surface area (TPSA) is 58.3 Å². The zero-order chi connectivity index (χ0) is 18.6. The fourth-order valence-corrected chi connectivity index (χ4v) is 4.12. The summed E-state index contributed by atoms with van der Waals surface area (Å²) in [6, 6.07) is 10.1. The van der Waals surface area contributed by atoms with E-state index < -0.39 is 0 Å². The summed E-state index contributed by atoms with van der Waals surface area (Å²) in [5.41, 5.74) is 2.18. The van der Waals surface area contributed by atoms with Gasteiger partial charge in [-0.2, -0.15) is 4.98 Å². The molecule has 4 rings (SSSR count). The molecule has 1 unspecified atom stereocenters. The predicted octanol–water partition coefficient (Wildman–Crippen LogP) is 3.63. The number of aromatic nitrogens is 3. The number of hydrogen-bond acceptors (Lipinski definition) is 7. The molecule has 142 valence electrons. The zero-order valence-corrected chi connectivity index (χ0v) is 16.7. The van der Waals surface area contributed by atoms with Crippen molar-refractivity contribution in [3.05, 3.63) is 52.3 Å². The predicted molar refractivity (Wildman–Crippen MR) is 106 cm³/mol. The maximum absolute atomic E-state index is 5.55. The van der Waals surface area contributed by atoms with Gasteiger partial charge in [-0.25, -0.2) is 4.98 Å². The highest BCUT2D eigenvalue weighted by Gasteiger charge is 2.26. The van der Waals surface area contributed by atoms with Gasteiger partial charge in [-0.15, -0.1) is 11.3 Å². The lowest BCUT2D eigenvalue weighted by Crippen LogP contribution is -2.46. The van der Waals surface area contributed by atoms with Crippen LogP contribution in [-0.4, -0.2) is 51.1 Å². The standard InChI is InChI=1S/C20H25N5OS/c1-3-18-21-17(14-27-18)13-24-9-11-25(12-10-24)15(2)20-22-19(23-26-20)16-7-5-4-6-8-16/h4-8,14-15H,3,9-13H2,1-2H3. The van der Waals surface area contributed by atoms with Gasteiger partial charge in [-0.05, 0) is 13.3 Å². The Morgan fingerprint density at radius 1 is 1.11 bits per heavy atom. The van der Waals surface area contributed by atoms with E-state index >= 15 is 0 Å². The van der Waals surface area contributed by atoms with Crippen molar-refractivity contribution in [3.63, 3.8) is 0 Å². The van der Waals surface area contributed by atoms with Gasteiger partial charge in [0.25, 0.3) is 0 Å². The van der Waals surface area contributed by atoms with Crippen LogP contribution in [0, 0.1) is 0 Å². The summed E-state index contributed by atoms with van der Waals surface area (Å²) < 4.78 is 5.55. The fraction of sp³-hybridized carbons (Fsp3) is 0.450. The molecule has 0 aliphatic carbocycles. The summed E-state index contributed by atoms with van der Waals surface area (Å²) in [4.78, 5) is 14.2. The lowest BCUT2D eigenvalue weighted by molar-refractivity contribution is 0.0839. The van der Waals surface area contributed by atoms with Crippen molar-refractivity contribution in [3.8, 4) is 11.4 Å². The quantitative estimate of drug-likeness (QED) is 0.648. The summed E-state index contributed by atoms with van der Waals surface area (Å²) in [6.45, 7) is 9.29. The maximum atomic E-state index is 5.55. The molecule has 1 aliphatic heterocycles. The van der Waals surface area contributed by atoms with Gasteiger partial charge in [0.05, 0.1) is 16.7 Å². The second kappa shape index (κ2) is 8.29. The number of piperazine rings is 1. The number of hydrogen-bond donors (Lipinski definition) is 0. The molecule has 1 saturated heterocycles. The largest absolute Gasteiger partial charge is 0.337 e. The SMILES string of the molecule is CCc1nc(CN2CCN(C(C)c3nc(-c4ccccc4)no3)CC2)cs1. The van der Waals surface area contributed by atoms with E-state index in [1.165, 1.54) is 10.7 Å². The third-order valence-electron chi connectivity index (χ3n) is 5.07. The molecule has 0 radical (unpaired) electrons. The molecule has 0 spiro atoms. The average molecular weight is 384 g/mol. The molecule has 0 N–H and O–H groups in total. The second-order valence-electron chi connectivity index (χ2n) is 6.90. The number of thiazole rings is 1. The summed E-state index contributed by atoms with van der Waals surface area (Å²) in [6.07, 6.45) is 1.02. The first-order valence-corrected chi connectivity index (χ1v) is 10.4. The smallest absolute Gasteiger partial charge is 0.244 e. The van der Waals surface area contributed by atoms with Crippen LogP contribution in [0.1, 0.15) is 36.5 Å². The lowest BCUT2D eigenvalue weighted by atomic mass is 10.2. The summed E-state index contributed by atoms with van der Waals surface area (Å²) in [5.74, 6) is 1.35. The molecule has 0 saturated carbocycles. The van der Waals surface area contributed by atoms with Crippen LogP contribution in [0.25, 0.3) is 11.4 Å². The van der Waals surface area contributed by atoms with Crippen LogP contribution in [0.4, 0.5) is 0 Å². The number of nitrogens with zero attached hydrogens (tertiary/aromatic N) is 5. The molecule has 1 atom stereocenters. The van der Waals surface area contributed by atoms with E-state index in [0.29, 0.717) is 11.7 Å². The number of benzene rings is 1. The molecular formula is C20H25N5OS. The molecule has 27 heavy (non-hydrogen) atoms. The van der Waals surface area contributed by atoms with E-state index in [4.69, 9.17) is 4.52 Å². The normalized spacial score (nSPS) is 17.3. The average Bonchev–Trinajstić information content (AvgIpc) is 3.38. The molecule has 1 aromatic carbocycles. The molecule has 3 aromatic rings. The number of aryl methyl sites for hydroxylation is 1. The van der Waals surface area contributed by atoms with Crippen molar-refractivity contribution in [2.45, 2.75) is 32.9 Å². The maximum Gasteiger partial charge on any atom is 0.244 e. The zero-order valence-electron chi connectivity index (χ0n) is 15.8. The first-order valence-electron chi connectivity index (χ1n) is 9.51. The van der Waals surface area contributed by atoms with E-state index in [1.807, 2.05) is 30.3 Å². The highest BCUT2D eigenvalue weighted by molar-refractivity contribution is 7.09. The molecule has 7 heteroatoms. The second-order valence-corrected chi connectivity index (χ2v) is 7.84. The number of rotatable bonds is 6. The molecule has 0 amide bonds. The van der Waals surface area contributed by atoms with Gasteiger partial charge in [-0.3, -0.25) is 9.80 Å². The van der Waals surface area contributed by atoms with Crippen LogP contribution >= 0.6 is 11.3 Å². The van der Waals surface area contributed by atoms with Crippen molar-refractivity contribution in [1.29, 1.82) is 0 Å². The Balaban J connectivity index is 1.33. The minimum absolute atomic E-state index is 0.128. The van der Waals surface area contributed by atoms with Crippen LogP contribution in [0.15, 0.2) is 40.2 Å². The third kappa shape index (κ3) is 4.26. The molecule has 3 heterocycles. The van der Waals surface area contributed by atoms with E-state index in [2.05, 4.69) is 44.2 Å². The van der Waals surface area contributed by atoms with E-state index in [0.717, 1.165) is 44.7 Å². The Hall–Kier alpha value is -2.09. The molecule has 2 aromatic heterocycles. The Labute approximate surface area is 163 Å². The lowest BCUT2D eigenvalue weighted by Gasteiger charge is -2.36. The minimum Gasteiger partial charge on any atom is -0.337 e. The van der Waals surface area contributed by atoms with Crippen molar-refractivity contribution in [2.75, 3.05) is 26.2 Å². The highest BCUT2D eigenvalue weighted by atomic mass is 32.1. The van der Waals surface area contributed by atoms with Crippen LogP contribution in [0.2, 0.25) is 0 Å². The Bertz CT molecular complexity index is 854. The molecule has 1 fully saturated rings. The van der Waals surface area contributed by atoms with Gasteiger partial charge in [0, 0.05) is 43.7 Å². The summed E-state index contributed by atoms with van der Waals surface area (Å²) in [5, 5.41) is 7.57. The van der Waals surface area contributed by atoms with Crippen LogP contribution in [-0.2, 0) is 13.0 Å². The summed E-state index contributed by atoms with van der Waals surface area (Å²) in [7, 11) is 0. The van der Waals surface area contributed by atoms with Gasteiger partial charge in [-0.1, -0.05) is 42.4 Å². The first kappa shape index (κ1) is 18.3. The highest BCUT2D eigenvalue weighted by Crippen LogP contribution is 2.24.